The number of hydrogen-bond acceptors (Lipinski definition) is 1. The maximum atomic E-state index is 2.57. The lowest BCUT2D eigenvalue weighted by Gasteiger charge is -2.41. The molecule has 0 fully saturated rings. The molecule has 3 aliphatic rings. The van der Waals surface area contributed by atoms with Crippen molar-refractivity contribution >= 4 is 27.8 Å². The van der Waals surface area contributed by atoms with E-state index in [2.05, 4.69) is 222 Å². The third-order valence-corrected chi connectivity index (χ3v) is 15.3. The van der Waals surface area contributed by atoms with Gasteiger partial charge in [-0.15, -0.1) is 0 Å². The summed E-state index contributed by atoms with van der Waals surface area (Å²) in [5.41, 5.74) is 23.2. The second-order valence-corrected chi connectivity index (χ2v) is 22.3. The number of hydrogen-bond donors (Lipinski definition) is 0. The maximum absolute atomic E-state index is 2.57. The van der Waals surface area contributed by atoms with E-state index >= 15 is 0 Å². The van der Waals surface area contributed by atoms with Gasteiger partial charge in [0.15, 0.2) is 0 Å². The van der Waals surface area contributed by atoms with Crippen molar-refractivity contribution in [1.82, 2.24) is 0 Å². The number of aryl methyl sites for hydroxylation is 1. The molecule has 0 heterocycles. The smallest absolute Gasteiger partial charge is 0.0468 e. The highest BCUT2D eigenvalue weighted by molar-refractivity contribution is 6.10. The highest BCUT2D eigenvalue weighted by Gasteiger charge is 2.46. The molecule has 0 amide bonds. The molecule has 0 radical (unpaired) electrons. The normalized spacial score (nSPS) is 17.6. The average molecular weight is 798 g/mol. The molecule has 1 nitrogen and oxygen atoms in total. The van der Waals surface area contributed by atoms with Gasteiger partial charge in [0, 0.05) is 39.2 Å². The Morgan fingerprint density at radius 1 is 0.459 bits per heavy atom. The fourth-order valence-electron chi connectivity index (χ4n) is 11.6. The van der Waals surface area contributed by atoms with Gasteiger partial charge in [-0.05, 0) is 149 Å². The molecule has 308 valence electrons. The van der Waals surface area contributed by atoms with E-state index in [1.165, 1.54) is 106 Å². The molecule has 0 saturated heterocycles. The third-order valence-electron chi connectivity index (χ3n) is 15.3. The first-order chi connectivity index (χ1) is 28.7. The van der Waals surface area contributed by atoms with E-state index in [-0.39, 0.29) is 33.0 Å². The number of nitrogens with zero attached hydrogens (tertiary/aromatic N) is 1. The van der Waals surface area contributed by atoms with Gasteiger partial charge in [0.1, 0.15) is 0 Å². The van der Waals surface area contributed by atoms with Crippen LogP contribution in [0.15, 0.2) is 127 Å². The van der Waals surface area contributed by atoms with Gasteiger partial charge < -0.3 is 4.90 Å². The van der Waals surface area contributed by atoms with E-state index in [9.17, 15) is 0 Å². The minimum atomic E-state index is -0.182. The van der Waals surface area contributed by atoms with E-state index in [1.807, 2.05) is 0 Å². The van der Waals surface area contributed by atoms with Gasteiger partial charge in [0.05, 0.1) is 0 Å². The second-order valence-electron chi connectivity index (χ2n) is 22.3. The predicted octanol–water partition coefficient (Wildman–Crippen LogP) is 16.2. The van der Waals surface area contributed by atoms with Crippen molar-refractivity contribution in [2.24, 2.45) is 0 Å². The SMILES string of the molecule is Cc1cc2c3c4c(cccc14)C(C)(C)c1cc(N(c4ccc(C(C)(C)C)cc4)c4ccc5c(c4)C(C)(C)c4ccccc4C5Cc4ccc(C(C)(C)C)cc4)cc(c1-3)C2(C)C. The standard InChI is InChI=1S/C60H63N/c1-36-31-50-55-53-43(36)18-16-20-48(53)59(10,11)51-34-42(35-52(54(51)55)60(50,12)13)61(40-27-25-39(26-28-40)57(5,6)7)41-29-30-45-46(32-37-21-23-38(24-22-37)56(2,3)4)44-17-14-15-19-47(44)58(8,9)49(45)33-41/h14-31,33-35,46H,32H2,1-13H3. The van der Waals surface area contributed by atoms with E-state index in [0.717, 1.165) is 6.42 Å². The van der Waals surface area contributed by atoms with Gasteiger partial charge in [0.25, 0.3) is 0 Å². The molecular formula is C60H63N. The number of benzene rings is 7. The zero-order valence-electron chi connectivity index (χ0n) is 38.9. The summed E-state index contributed by atoms with van der Waals surface area (Å²) in [6, 6.07) is 50.1. The van der Waals surface area contributed by atoms with Crippen LogP contribution < -0.4 is 4.90 Å². The van der Waals surface area contributed by atoms with Gasteiger partial charge >= 0.3 is 0 Å². The first kappa shape index (κ1) is 39.7. The molecule has 0 spiro atoms. The molecule has 1 unspecified atom stereocenters. The fraction of sp³-hybridized carbons (Fsp3) is 0.333. The fourth-order valence-corrected chi connectivity index (χ4v) is 11.6. The Bertz CT molecular complexity index is 2920. The van der Waals surface area contributed by atoms with Crippen LogP contribution in [0.5, 0.6) is 0 Å². The van der Waals surface area contributed by atoms with Crippen LogP contribution in [0.2, 0.25) is 0 Å². The zero-order valence-corrected chi connectivity index (χ0v) is 38.9. The topological polar surface area (TPSA) is 3.24 Å². The van der Waals surface area contributed by atoms with Gasteiger partial charge in [-0.3, -0.25) is 0 Å². The van der Waals surface area contributed by atoms with Crippen LogP contribution in [0, 0.1) is 6.92 Å². The number of fused-ring (bicyclic) bond motifs is 2. The minimum Gasteiger partial charge on any atom is -0.310 e. The first-order valence-electron chi connectivity index (χ1n) is 22.7. The molecule has 7 aromatic rings. The molecule has 10 rings (SSSR count). The van der Waals surface area contributed by atoms with Crippen molar-refractivity contribution in [1.29, 1.82) is 0 Å². The van der Waals surface area contributed by atoms with Crippen LogP contribution in [0.4, 0.5) is 17.1 Å². The molecule has 3 aliphatic carbocycles. The lowest BCUT2D eigenvalue weighted by molar-refractivity contribution is 0.578. The summed E-state index contributed by atoms with van der Waals surface area (Å²) >= 11 is 0. The number of anilines is 3. The summed E-state index contributed by atoms with van der Waals surface area (Å²) in [4.78, 5) is 2.57. The second kappa shape index (κ2) is 13.1. The summed E-state index contributed by atoms with van der Waals surface area (Å²) in [6.45, 7) is 30.8. The maximum Gasteiger partial charge on any atom is 0.0468 e. The monoisotopic (exact) mass is 797 g/mol. The van der Waals surface area contributed by atoms with Gasteiger partial charge in [-0.2, -0.15) is 0 Å². The van der Waals surface area contributed by atoms with E-state index in [0.29, 0.717) is 0 Å². The van der Waals surface area contributed by atoms with E-state index in [4.69, 9.17) is 0 Å². The molecule has 1 heteroatoms. The molecule has 0 saturated carbocycles. The third kappa shape index (κ3) is 5.86. The van der Waals surface area contributed by atoms with Crippen molar-refractivity contribution in [3.8, 4) is 11.1 Å². The summed E-state index contributed by atoms with van der Waals surface area (Å²) < 4.78 is 0. The summed E-state index contributed by atoms with van der Waals surface area (Å²) in [5, 5.41) is 2.85. The van der Waals surface area contributed by atoms with Crippen LogP contribution in [0.25, 0.3) is 21.9 Å². The van der Waals surface area contributed by atoms with Crippen LogP contribution >= 0.6 is 0 Å². The first-order valence-corrected chi connectivity index (χ1v) is 22.7. The predicted molar refractivity (Wildman–Crippen MR) is 261 cm³/mol. The Labute approximate surface area is 365 Å². The molecule has 0 bridgehead atoms. The largest absolute Gasteiger partial charge is 0.310 e. The molecule has 0 N–H and O–H groups in total. The molecular weight excluding hydrogens is 735 g/mol. The quantitative estimate of drug-likeness (QED) is 0.168. The summed E-state index contributed by atoms with van der Waals surface area (Å²) in [5.74, 6) is 0.262. The highest BCUT2D eigenvalue weighted by Crippen LogP contribution is 2.61. The van der Waals surface area contributed by atoms with Crippen LogP contribution in [0.1, 0.15) is 156 Å². The van der Waals surface area contributed by atoms with Crippen LogP contribution in [-0.4, -0.2) is 0 Å². The Morgan fingerprint density at radius 3 is 1.61 bits per heavy atom. The summed E-state index contributed by atoms with van der Waals surface area (Å²) in [7, 11) is 0. The van der Waals surface area contributed by atoms with Crippen LogP contribution in [0.3, 0.4) is 0 Å². The van der Waals surface area contributed by atoms with Crippen molar-refractivity contribution in [2.45, 2.75) is 129 Å². The van der Waals surface area contributed by atoms with Crippen molar-refractivity contribution in [3.63, 3.8) is 0 Å². The number of rotatable bonds is 5. The van der Waals surface area contributed by atoms with Crippen molar-refractivity contribution in [3.05, 3.63) is 194 Å². The van der Waals surface area contributed by atoms with Gasteiger partial charge in [-0.25, -0.2) is 0 Å². The lowest BCUT2D eigenvalue weighted by Crippen LogP contribution is -2.30. The van der Waals surface area contributed by atoms with Crippen LogP contribution in [-0.2, 0) is 33.5 Å². The summed E-state index contributed by atoms with van der Waals surface area (Å²) in [6.07, 6.45) is 0.967. The Kier molecular flexibility index (Phi) is 8.50. The molecule has 0 aliphatic heterocycles. The molecule has 1 atom stereocenters. The lowest BCUT2D eigenvalue weighted by atomic mass is 9.64. The van der Waals surface area contributed by atoms with Crippen molar-refractivity contribution < 1.29 is 0 Å². The average Bonchev–Trinajstić information content (AvgIpc) is 3.44. The Balaban J connectivity index is 1.18. The van der Waals surface area contributed by atoms with Gasteiger partial charge in [0.2, 0.25) is 0 Å². The molecule has 61 heavy (non-hydrogen) atoms. The van der Waals surface area contributed by atoms with E-state index in [1.54, 1.807) is 0 Å². The molecule has 7 aromatic carbocycles. The van der Waals surface area contributed by atoms with Gasteiger partial charge in [-0.1, -0.05) is 174 Å². The van der Waals surface area contributed by atoms with E-state index < -0.39 is 0 Å². The zero-order chi connectivity index (χ0) is 43.2. The minimum absolute atomic E-state index is 0.0586. The highest BCUT2D eigenvalue weighted by atomic mass is 15.1. The van der Waals surface area contributed by atoms with Crippen molar-refractivity contribution in [2.75, 3.05) is 4.90 Å². The Hall–Kier alpha value is -5.40. The Morgan fingerprint density at radius 2 is 0.967 bits per heavy atom. The molecule has 0 aromatic heterocycles.